The minimum Gasteiger partial charge on any atom is -0.213 e. The number of nitrogens with one attached hydrogen (secondary N) is 1. The SMILES string of the molecule is CCCN(CCNS(=O)(=O)c1ccc(C(C)C)cc1)S(C)(=O)=O. The molecule has 0 saturated carbocycles. The van der Waals surface area contributed by atoms with Gasteiger partial charge in [0.15, 0.2) is 0 Å². The van der Waals surface area contributed by atoms with Gasteiger partial charge in [-0.1, -0.05) is 32.9 Å². The van der Waals surface area contributed by atoms with Crippen LogP contribution in [0, 0.1) is 0 Å². The largest absolute Gasteiger partial charge is 0.240 e. The van der Waals surface area contributed by atoms with Gasteiger partial charge in [-0.15, -0.1) is 0 Å². The van der Waals surface area contributed by atoms with E-state index in [2.05, 4.69) is 4.72 Å². The molecule has 23 heavy (non-hydrogen) atoms. The van der Waals surface area contributed by atoms with Gasteiger partial charge in [-0.2, -0.15) is 0 Å². The van der Waals surface area contributed by atoms with E-state index in [1.54, 1.807) is 24.3 Å². The van der Waals surface area contributed by atoms with Gasteiger partial charge in [0, 0.05) is 19.6 Å². The van der Waals surface area contributed by atoms with Crippen molar-refractivity contribution in [1.29, 1.82) is 0 Å². The first-order chi connectivity index (χ1) is 10.6. The van der Waals surface area contributed by atoms with Gasteiger partial charge in [0.05, 0.1) is 11.2 Å². The second-order valence-electron chi connectivity index (χ2n) is 5.78. The molecule has 0 fully saturated rings. The molecule has 1 N–H and O–H groups in total. The van der Waals surface area contributed by atoms with Crippen molar-refractivity contribution in [2.75, 3.05) is 25.9 Å². The average Bonchev–Trinajstić information content (AvgIpc) is 2.45. The summed E-state index contributed by atoms with van der Waals surface area (Å²) in [5.74, 6) is 0.331. The Morgan fingerprint density at radius 1 is 1.04 bits per heavy atom. The summed E-state index contributed by atoms with van der Waals surface area (Å²) in [5.41, 5.74) is 1.06. The molecule has 0 aromatic heterocycles. The predicted octanol–water partition coefficient (Wildman–Crippen LogP) is 1.76. The monoisotopic (exact) mass is 362 g/mol. The van der Waals surface area contributed by atoms with Gasteiger partial charge in [0.2, 0.25) is 20.0 Å². The van der Waals surface area contributed by atoms with Crippen LogP contribution in [0.1, 0.15) is 38.7 Å². The van der Waals surface area contributed by atoms with Crippen molar-refractivity contribution in [3.63, 3.8) is 0 Å². The quantitative estimate of drug-likeness (QED) is 0.725. The lowest BCUT2D eigenvalue weighted by Crippen LogP contribution is -2.38. The highest BCUT2D eigenvalue weighted by molar-refractivity contribution is 7.89. The maximum atomic E-state index is 12.2. The van der Waals surface area contributed by atoms with Gasteiger partial charge in [0.1, 0.15) is 0 Å². The highest BCUT2D eigenvalue weighted by Gasteiger charge is 2.18. The van der Waals surface area contributed by atoms with E-state index in [1.807, 2.05) is 20.8 Å². The molecule has 1 rings (SSSR count). The zero-order valence-electron chi connectivity index (χ0n) is 14.1. The highest BCUT2D eigenvalue weighted by Crippen LogP contribution is 2.17. The molecule has 0 spiro atoms. The average molecular weight is 363 g/mol. The van der Waals surface area contributed by atoms with Crippen molar-refractivity contribution in [3.8, 4) is 0 Å². The normalized spacial score (nSPS) is 13.0. The molecule has 0 atom stereocenters. The second-order valence-corrected chi connectivity index (χ2v) is 9.53. The van der Waals surface area contributed by atoms with Gasteiger partial charge < -0.3 is 0 Å². The van der Waals surface area contributed by atoms with Gasteiger partial charge >= 0.3 is 0 Å². The van der Waals surface area contributed by atoms with Crippen LogP contribution in [-0.4, -0.2) is 47.0 Å². The van der Waals surface area contributed by atoms with Crippen LogP contribution in [0.25, 0.3) is 0 Å². The number of sulfonamides is 2. The van der Waals surface area contributed by atoms with Gasteiger partial charge in [0.25, 0.3) is 0 Å². The van der Waals surface area contributed by atoms with E-state index in [9.17, 15) is 16.8 Å². The van der Waals surface area contributed by atoms with Crippen LogP contribution in [0.4, 0.5) is 0 Å². The molecule has 8 heteroatoms. The fourth-order valence-electron chi connectivity index (χ4n) is 2.11. The third-order valence-corrected chi connectivity index (χ3v) is 6.23. The van der Waals surface area contributed by atoms with E-state index >= 15 is 0 Å². The minimum atomic E-state index is -3.63. The lowest BCUT2D eigenvalue weighted by atomic mass is 10.0. The molecule has 0 radical (unpaired) electrons. The number of hydrogen-bond acceptors (Lipinski definition) is 4. The summed E-state index contributed by atoms with van der Waals surface area (Å²) in [5, 5.41) is 0. The molecule has 0 amide bonds. The summed E-state index contributed by atoms with van der Waals surface area (Å²) in [4.78, 5) is 0.184. The molecule has 6 nitrogen and oxygen atoms in total. The zero-order valence-corrected chi connectivity index (χ0v) is 15.7. The van der Waals surface area contributed by atoms with Crippen LogP contribution in [0.2, 0.25) is 0 Å². The predicted molar refractivity (Wildman–Crippen MR) is 92.4 cm³/mol. The molecule has 0 heterocycles. The van der Waals surface area contributed by atoms with Gasteiger partial charge in [-0.25, -0.2) is 25.9 Å². The topological polar surface area (TPSA) is 83.6 Å². The number of hydrogen-bond donors (Lipinski definition) is 1. The maximum Gasteiger partial charge on any atom is 0.240 e. The molecule has 0 aliphatic rings. The first kappa shape index (κ1) is 20.1. The van der Waals surface area contributed by atoms with E-state index in [-0.39, 0.29) is 18.0 Å². The van der Waals surface area contributed by atoms with E-state index in [0.29, 0.717) is 18.9 Å². The Hall–Kier alpha value is -0.960. The third kappa shape index (κ3) is 6.21. The summed E-state index contributed by atoms with van der Waals surface area (Å²) in [6, 6.07) is 6.72. The molecule has 0 aliphatic heterocycles. The van der Waals surface area contributed by atoms with Crippen molar-refractivity contribution in [3.05, 3.63) is 29.8 Å². The lowest BCUT2D eigenvalue weighted by Gasteiger charge is -2.19. The zero-order chi connectivity index (χ0) is 17.7. The molecule has 1 aromatic rings. The molecule has 1 aromatic carbocycles. The minimum absolute atomic E-state index is 0.0430. The lowest BCUT2D eigenvalue weighted by molar-refractivity contribution is 0.416. The van der Waals surface area contributed by atoms with Gasteiger partial charge in [-0.05, 0) is 30.0 Å². The van der Waals surface area contributed by atoms with Crippen molar-refractivity contribution < 1.29 is 16.8 Å². The van der Waals surface area contributed by atoms with E-state index in [1.165, 1.54) is 4.31 Å². The van der Waals surface area contributed by atoms with Crippen molar-refractivity contribution in [2.24, 2.45) is 0 Å². The summed E-state index contributed by atoms with van der Waals surface area (Å²) in [6.07, 6.45) is 1.80. The summed E-state index contributed by atoms with van der Waals surface area (Å²) in [6.45, 7) is 6.49. The maximum absolute atomic E-state index is 12.2. The first-order valence-corrected chi connectivity index (χ1v) is 11.0. The van der Waals surface area contributed by atoms with Crippen LogP contribution in [0.3, 0.4) is 0 Å². The Labute approximate surface area is 140 Å². The Balaban J connectivity index is 2.72. The Kier molecular flexibility index (Phi) is 7.19. The molecule has 0 aliphatic carbocycles. The molecule has 132 valence electrons. The first-order valence-electron chi connectivity index (χ1n) is 7.62. The van der Waals surface area contributed by atoms with Crippen LogP contribution in [0.15, 0.2) is 29.2 Å². The molecule has 0 bridgehead atoms. The van der Waals surface area contributed by atoms with E-state index < -0.39 is 20.0 Å². The van der Waals surface area contributed by atoms with Gasteiger partial charge in [-0.3, -0.25) is 0 Å². The van der Waals surface area contributed by atoms with Crippen molar-refractivity contribution in [2.45, 2.75) is 38.0 Å². The summed E-state index contributed by atoms with van der Waals surface area (Å²) >= 11 is 0. The number of nitrogens with zero attached hydrogens (tertiary/aromatic N) is 1. The Morgan fingerprint density at radius 3 is 2.04 bits per heavy atom. The van der Waals surface area contributed by atoms with Crippen molar-refractivity contribution in [1.82, 2.24) is 9.03 Å². The van der Waals surface area contributed by atoms with Crippen LogP contribution >= 0.6 is 0 Å². The van der Waals surface area contributed by atoms with Crippen LogP contribution in [0.5, 0.6) is 0 Å². The highest BCUT2D eigenvalue weighted by atomic mass is 32.2. The fourth-order valence-corrected chi connectivity index (χ4v) is 4.07. The third-order valence-electron chi connectivity index (χ3n) is 3.45. The van der Waals surface area contributed by atoms with Crippen molar-refractivity contribution >= 4 is 20.0 Å². The summed E-state index contributed by atoms with van der Waals surface area (Å²) < 4.78 is 51.4. The standard InChI is InChI=1S/C15H26N2O4S2/c1-5-11-17(22(4,18)19)12-10-16-23(20,21)15-8-6-14(7-9-15)13(2)3/h6-9,13,16H,5,10-12H2,1-4H3. The molecule has 0 unspecified atom stereocenters. The fraction of sp³-hybridized carbons (Fsp3) is 0.600. The number of rotatable bonds is 9. The Morgan fingerprint density at radius 2 is 1.61 bits per heavy atom. The van der Waals surface area contributed by atoms with E-state index in [0.717, 1.165) is 11.8 Å². The Bertz CT molecular complexity index is 695. The second kappa shape index (κ2) is 8.23. The van der Waals surface area contributed by atoms with E-state index in [4.69, 9.17) is 0 Å². The summed E-state index contributed by atoms with van der Waals surface area (Å²) in [7, 11) is -6.96. The molecule has 0 saturated heterocycles. The molecular formula is C15H26N2O4S2. The van der Waals surface area contributed by atoms with Crippen LogP contribution < -0.4 is 4.72 Å². The molecular weight excluding hydrogens is 336 g/mol. The smallest absolute Gasteiger partial charge is 0.213 e. The van der Waals surface area contributed by atoms with Crippen LogP contribution in [-0.2, 0) is 20.0 Å². The number of benzene rings is 1.